The average molecular weight is 534 g/mol. The van der Waals surface area contributed by atoms with E-state index in [1.807, 2.05) is 0 Å². The summed E-state index contributed by atoms with van der Waals surface area (Å²) in [5, 5.41) is 0. The predicted molar refractivity (Wildman–Crippen MR) is 107 cm³/mol. The minimum absolute atomic E-state index is 0.0331. The molecule has 3 aromatic rings. The first-order valence-corrected chi connectivity index (χ1v) is 9.40. The van der Waals surface area contributed by atoms with Crippen molar-refractivity contribution in [1.29, 1.82) is 0 Å². The van der Waals surface area contributed by atoms with Crippen LogP contribution in [0.15, 0.2) is 60.7 Å². The van der Waals surface area contributed by atoms with Crippen molar-refractivity contribution < 1.29 is 52.7 Å². The molecule has 196 valence electrons. The van der Waals surface area contributed by atoms with Gasteiger partial charge in [0.25, 0.3) is 0 Å². The summed E-state index contributed by atoms with van der Waals surface area (Å²) in [5.74, 6) is 0. The highest BCUT2D eigenvalue weighted by molar-refractivity contribution is 5.77. The number of anilines is 2. The zero-order valence-corrected chi connectivity index (χ0v) is 17.5. The second kappa shape index (κ2) is 9.82. The van der Waals surface area contributed by atoms with Crippen LogP contribution in [-0.4, -0.2) is 0 Å². The summed E-state index contributed by atoms with van der Waals surface area (Å²) in [5.41, 5.74) is 0.606. The first kappa shape index (κ1) is 28.7. The van der Waals surface area contributed by atoms with Gasteiger partial charge in [-0.15, -0.1) is 0 Å². The summed E-state index contributed by atoms with van der Waals surface area (Å²) in [6.45, 7) is 0. The fourth-order valence-electron chi connectivity index (χ4n) is 2.98. The number of nitrogen functional groups attached to an aromatic ring is 2. The number of rotatable bonds is 1. The third-order valence-electron chi connectivity index (χ3n) is 4.54. The molecular weight excluding hydrogens is 520 g/mol. The van der Waals surface area contributed by atoms with E-state index in [-0.39, 0.29) is 12.1 Å². The van der Waals surface area contributed by atoms with E-state index >= 15 is 0 Å². The van der Waals surface area contributed by atoms with E-state index in [2.05, 4.69) is 0 Å². The molecule has 0 saturated carbocycles. The molecule has 0 fully saturated rings. The fraction of sp³-hybridized carbons (Fsp3) is 0.182. The third kappa shape index (κ3) is 6.98. The largest absolute Gasteiger partial charge is 0.418 e. The zero-order chi connectivity index (χ0) is 27.7. The molecule has 2 nitrogen and oxygen atoms in total. The minimum Gasteiger partial charge on any atom is -0.399 e. The summed E-state index contributed by atoms with van der Waals surface area (Å²) < 4.78 is 153. The van der Waals surface area contributed by atoms with E-state index in [4.69, 9.17) is 11.5 Å². The van der Waals surface area contributed by atoms with Crippen molar-refractivity contribution in [2.24, 2.45) is 0 Å². The SMILES string of the molecule is FC(F)(F)c1ccccc1.Nc1ccc(-c2cc(C(F)(F)F)c(N)cc2C(F)(F)F)c(C(F)(F)F)c1. The van der Waals surface area contributed by atoms with E-state index in [1.165, 1.54) is 12.1 Å². The molecule has 0 heterocycles. The van der Waals surface area contributed by atoms with E-state index < -0.39 is 69.5 Å². The molecule has 0 aliphatic rings. The van der Waals surface area contributed by atoms with Crippen LogP contribution < -0.4 is 11.5 Å². The van der Waals surface area contributed by atoms with Gasteiger partial charge in [0.05, 0.1) is 22.3 Å². The lowest BCUT2D eigenvalue weighted by atomic mass is 9.91. The first-order valence-electron chi connectivity index (χ1n) is 9.40. The summed E-state index contributed by atoms with van der Waals surface area (Å²) in [7, 11) is 0. The van der Waals surface area contributed by atoms with Crippen LogP contribution in [-0.2, 0) is 24.7 Å². The Morgan fingerprint density at radius 2 is 0.917 bits per heavy atom. The van der Waals surface area contributed by atoms with Gasteiger partial charge in [0.1, 0.15) is 0 Å². The van der Waals surface area contributed by atoms with Crippen LogP contribution in [0.25, 0.3) is 11.1 Å². The second-order valence-corrected chi connectivity index (χ2v) is 7.15. The molecule has 4 N–H and O–H groups in total. The topological polar surface area (TPSA) is 52.0 Å². The van der Waals surface area contributed by atoms with E-state index in [0.717, 1.165) is 18.2 Å². The molecule has 0 bridgehead atoms. The smallest absolute Gasteiger partial charge is 0.399 e. The Morgan fingerprint density at radius 1 is 0.444 bits per heavy atom. The highest BCUT2D eigenvalue weighted by Crippen LogP contribution is 2.46. The molecule has 3 aromatic carbocycles. The number of nitrogens with two attached hydrogens (primary N) is 2. The maximum atomic E-state index is 13.2. The van der Waals surface area contributed by atoms with Crippen molar-refractivity contribution >= 4 is 11.4 Å². The quantitative estimate of drug-likeness (QED) is 0.244. The van der Waals surface area contributed by atoms with Gasteiger partial charge in [0, 0.05) is 11.4 Å². The van der Waals surface area contributed by atoms with Crippen molar-refractivity contribution in [2.75, 3.05) is 11.5 Å². The van der Waals surface area contributed by atoms with Crippen molar-refractivity contribution in [3.05, 3.63) is 82.9 Å². The van der Waals surface area contributed by atoms with Crippen LogP contribution >= 0.6 is 0 Å². The van der Waals surface area contributed by atoms with Gasteiger partial charge < -0.3 is 11.5 Å². The lowest BCUT2D eigenvalue weighted by Gasteiger charge is -2.21. The van der Waals surface area contributed by atoms with Crippen LogP contribution in [0.2, 0.25) is 0 Å². The van der Waals surface area contributed by atoms with Gasteiger partial charge in [0.15, 0.2) is 0 Å². The maximum absolute atomic E-state index is 13.2. The Bertz CT molecular complexity index is 1190. The average Bonchev–Trinajstić information content (AvgIpc) is 2.72. The van der Waals surface area contributed by atoms with Crippen LogP contribution in [0.5, 0.6) is 0 Å². The van der Waals surface area contributed by atoms with Gasteiger partial charge in [-0.2, -0.15) is 52.7 Å². The molecule has 3 rings (SSSR count). The van der Waals surface area contributed by atoms with Crippen LogP contribution in [0, 0.1) is 0 Å². The number of halogens is 12. The molecule has 0 radical (unpaired) electrons. The number of hydrogen-bond donors (Lipinski definition) is 2. The first-order chi connectivity index (χ1) is 16.2. The monoisotopic (exact) mass is 534 g/mol. The zero-order valence-electron chi connectivity index (χ0n) is 17.5. The van der Waals surface area contributed by atoms with Crippen molar-refractivity contribution in [1.82, 2.24) is 0 Å². The van der Waals surface area contributed by atoms with Gasteiger partial charge in [-0.3, -0.25) is 0 Å². The molecule has 0 atom stereocenters. The Balaban J connectivity index is 0.000000380. The molecule has 0 spiro atoms. The van der Waals surface area contributed by atoms with Crippen LogP contribution in [0.3, 0.4) is 0 Å². The number of benzene rings is 3. The third-order valence-corrected chi connectivity index (χ3v) is 4.54. The number of hydrogen-bond acceptors (Lipinski definition) is 2. The minimum atomic E-state index is -5.24. The predicted octanol–water partition coefficient (Wildman–Crippen LogP) is 8.28. The molecule has 0 amide bonds. The second-order valence-electron chi connectivity index (χ2n) is 7.15. The Morgan fingerprint density at radius 3 is 1.33 bits per heavy atom. The standard InChI is InChI=1S/C15H9F9N2.C7H5F3/c16-13(17,18)9-3-6(25)1-2-7(9)8-4-11(15(22,23)24)12(26)5-10(8)14(19,20)21;8-7(9,10)6-4-2-1-3-5-6/h1-5H,25-26H2;1-5H. The van der Waals surface area contributed by atoms with E-state index in [9.17, 15) is 52.7 Å². The summed E-state index contributed by atoms with van der Waals surface area (Å²) >= 11 is 0. The van der Waals surface area contributed by atoms with Crippen molar-refractivity contribution in [3.63, 3.8) is 0 Å². The van der Waals surface area contributed by atoms with E-state index in [0.29, 0.717) is 12.1 Å². The summed E-state index contributed by atoms with van der Waals surface area (Å²) in [6.07, 6.45) is -19.7. The highest BCUT2D eigenvalue weighted by Gasteiger charge is 2.42. The van der Waals surface area contributed by atoms with Crippen LogP contribution in [0.4, 0.5) is 64.1 Å². The lowest BCUT2D eigenvalue weighted by molar-refractivity contribution is -0.141. The van der Waals surface area contributed by atoms with Gasteiger partial charge in [-0.25, -0.2) is 0 Å². The van der Waals surface area contributed by atoms with Crippen molar-refractivity contribution in [2.45, 2.75) is 24.7 Å². The van der Waals surface area contributed by atoms with Gasteiger partial charge in [-0.05, 0) is 35.4 Å². The molecule has 0 unspecified atom stereocenters. The Kier molecular flexibility index (Phi) is 7.81. The lowest BCUT2D eigenvalue weighted by Crippen LogP contribution is -2.16. The van der Waals surface area contributed by atoms with Gasteiger partial charge >= 0.3 is 24.7 Å². The molecular formula is C22H14F12N2. The van der Waals surface area contributed by atoms with Crippen LogP contribution in [0.1, 0.15) is 22.3 Å². The molecule has 0 aliphatic carbocycles. The summed E-state index contributed by atoms with van der Waals surface area (Å²) in [6, 6.07) is 8.07. The Hall–Kier alpha value is -3.58. The number of alkyl halides is 12. The normalized spacial score (nSPS) is 12.7. The molecule has 0 saturated heterocycles. The molecule has 0 aromatic heterocycles. The molecule has 0 aliphatic heterocycles. The van der Waals surface area contributed by atoms with Crippen molar-refractivity contribution in [3.8, 4) is 11.1 Å². The van der Waals surface area contributed by atoms with Gasteiger partial charge in [-0.1, -0.05) is 36.4 Å². The van der Waals surface area contributed by atoms with Gasteiger partial charge in [0.2, 0.25) is 0 Å². The molecule has 14 heteroatoms. The fourth-order valence-corrected chi connectivity index (χ4v) is 2.98. The highest BCUT2D eigenvalue weighted by atomic mass is 19.4. The van der Waals surface area contributed by atoms with E-state index in [1.54, 1.807) is 6.07 Å². The Labute approximate surface area is 195 Å². The molecule has 36 heavy (non-hydrogen) atoms. The maximum Gasteiger partial charge on any atom is 0.418 e. The summed E-state index contributed by atoms with van der Waals surface area (Å²) in [4.78, 5) is 0.